The summed E-state index contributed by atoms with van der Waals surface area (Å²) in [7, 11) is 1.53. The van der Waals surface area contributed by atoms with Gasteiger partial charge in [0.15, 0.2) is 17.6 Å². The molecule has 0 heterocycles. The van der Waals surface area contributed by atoms with Gasteiger partial charge in [0.2, 0.25) is 0 Å². The fraction of sp³-hybridized carbons (Fsp3) is 0.235. The van der Waals surface area contributed by atoms with Crippen molar-refractivity contribution in [1.29, 1.82) is 0 Å². The minimum absolute atomic E-state index is 0.299. The molecule has 0 saturated heterocycles. The second-order valence-corrected chi connectivity index (χ2v) is 4.79. The Morgan fingerprint density at radius 3 is 2.29 bits per heavy atom. The molecule has 0 spiro atoms. The number of methoxy groups -OCH3 is 1. The van der Waals surface area contributed by atoms with Crippen molar-refractivity contribution in [2.75, 3.05) is 7.11 Å². The number of carbonyl (C=O) groups is 1. The second-order valence-electron chi connectivity index (χ2n) is 4.79. The van der Waals surface area contributed by atoms with Crippen LogP contribution in [0.4, 0.5) is 0 Å². The maximum absolute atomic E-state index is 11.4. The third-order valence-electron chi connectivity index (χ3n) is 3.16. The van der Waals surface area contributed by atoms with Crippen LogP contribution in [0.3, 0.4) is 0 Å². The Kier molecular flexibility index (Phi) is 4.82. The van der Waals surface area contributed by atoms with Gasteiger partial charge in [0.25, 0.3) is 0 Å². The number of para-hydroxylation sites is 2. The zero-order chi connectivity index (χ0) is 15.2. The van der Waals surface area contributed by atoms with Crippen LogP contribution in [0.15, 0.2) is 48.5 Å². The van der Waals surface area contributed by atoms with E-state index >= 15 is 0 Å². The summed E-state index contributed by atoms with van der Waals surface area (Å²) < 4.78 is 10.8. The van der Waals surface area contributed by atoms with Gasteiger partial charge in [-0.25, -0.2) is 4.79 Å². The molecule has 0 radical (unpaired) electrons. The fourth-order valence-corrected chi connectivity index (χ4v) is 1.99. The summed E-state index contributed by atoms with van der Waals surface area (Å²) in [6, 6.07) is 14.8. The van der Waals surface area contributed by atoms with Crippen molar-refractivity contribution in [3.05, 3.63) is 59.7 Å². The van der Waals surface area contributed by atoms with Crippen LogP contribution in [0.5, 0.6) is 11.5 Å². The Balaban J connectivity index is 2.16. The van der Waals surface area contributed by atoms with Crippen molar-refractivity contribution in [2.24, 2.45) is 0 Å². The van der Waals surface area contributed by atoms with E-state index in [0.29, 0.717) is 17.9 Å². The average molecular weight is 286 g/mol. The number of rotatable bonds is 6. The van der Waals surface area contributed by atoms with E-state index in [9.17, 15) is 9.90 Å². The summed E-state index contributed by atoms with van der Waals surface area (Å²) in [5, 5.41) is 9.35. The number of aryl methyl sites for hydroxylation is 1. The fourth-order valence-electron chi connectivity index (χ4n) is 1.99. The molecule has 0 aliphatic rings. The van der Waals surface area contributed by atoms with Gasteiger partial charge >= 0.3 is 5.97 Å². The zero-order valence-electron chi connectivity index (χ0n) is 12.1. The highest BCUT2D eigenvalue weighted by atomic mass is 16.5. The first-order valence-corrected chi connectivity index (χ1v) is 6.68. The number of carboxylic acids is 1. The highest BCUT2D eigenvalue weighted by Crippen LogP contribution is 2.27. The molecule has 21 heavy (non-hydrogen) atoms. The van der Waals surface area contributed by atoms with E-state index in [4.69, 9.17) is 9.47 Å². The lowest BCUT2D eigenvalue weighted by molar-refractivity contribution is -0.145. The van der Waals surface area contributed by atoms with Gasteiger partial charge in [-0.1, -0.05) is 42.0 Å². The topological polar surface area (TPSA) is 55.8 Å². The maximum atomic E-state index is 11.4. The Morgan fingerprint density at radius 2 is 1.71 bits per heavy atom. The molecule has 0 amide bonds. The highest BCUT2D eigenvalue weighted by Gasteiger charge is 2.21. The Morgan fingerprint density at radius 1 is 1.10 bits per heavy atom. The third-order valence-corrected chi connectivity index (χ3v) is 3.16. The van der Waals surface area contributed by atoms with Gasteiger partial charge in [-0.05, 0) is 24.6 Å². The third kappa shape index (κ3) is 3.99. The van der Waals surface area contributed by atoms with Crippen LogP contribution in [0.25, 0.3) is 0 Å². The van der Waals surface area contributed by atoms with Gasteiger partial charge in [-0.2, -0.15) is 0 Å². The van der Waals surface area contributed by atoms with Crippen molar-refractivity contribution in [1.82, 2.24) is 0 Å². The number of ether oxygens (including phenoxy) is 2. The Bertz CT molecular complexity index is 604. The molecular formula is C17H18O4. The molecule has 0 bridgehead atoms. The number of hydrogen-bond acceptors (Lipinski definition) is 3. The van der Waals surface area contributed by atoms with Crippen LogP contribution in [-0.2, 0) is 11.2 Å². The SMILES string of the molecule is COc1ccccc1O[C@@H](Cc1ccc(C)cc1)C(=O)O. The molecule has 4 nitrogen and oxygen atoms in total. The van der Waals surface area contributed by atoms with Crippen LogP contribution in [-0.4, -0.2) is 24.3 Å². The first kappa shape index (κ1) is 14.9. The summed E-state index contributed by atoms with van der Waals surface area (Å²) in [6.07, 6.45) is -0.655. The van der Waals surface area contributed by atoms with Gasteiger partial charge in [0.1, 0.15) is 0 Å². The Hall–Kier alpha value is -2.49. The summed E-state index contributed by atoms with van der Waals surface area (Å²) in [4.78, 5) is 11.4. The first-order valence-electron chi connectivity index (χ1n) is 6.68. The predicted octanol–water partition coefficient (Wildman–Crippen LogP) is 3.08. The van der Waals surface area contributed by atoms with E-state index in [0.717, 1.165) is 11.1 Å². The quantitative estimate of drug-likeness (QED) is 0.886. The molecule has 1 N–H and O–H groups in total. The molecule has 110 valence electrons. The van der Waals surface area contributed by atoms with Gasteiger partial charge in [0.05, 0.1) is 7.11 Å². The molecule has 1 atom stereocenters. The minimum atomic E-state index is -0.999. The molecule has 2 aromatic rings. The monoisotopic (exact) mass is 286 g/mol. The minimum Gasteiger partial charge on any atom is -0.493 e. The van der Waals surface area contributed by atoms with Crippen LogP contribution in [0.2, 0.25) is 0 Å². The summed E-state index contributed by atoms with van der Waals surface area (Å²) in [5.41, 5.74) is 2.05. The van der Waals surface area contributed by atoms with Crippen LogP contribution in [0, 0.1) is 6.92 Å². The van der Waals surface area contributed by atoms with Gasteiger partial charge in [-0.3, -0.25) is 0 Å². The summed E-state index contributed by atoms with van der Waals surface area (Å²) >= 11 is 0. The van der Waals surface area contributed by atoms with E-state index in [1.165, 1.54) is 7.11 Å². The van der Waals surface area contributed by atoms with E-state index in [1.54, 1.807) is 24.3 Å². The second kappa shape index (κ2) is 6.79. The summed E-state index contributed by atoms with van der Waals surface area (Å²) in [6.45, 7) is 1.99. The van der Waals surface area contributed by atoms with E-state index in [2.05, 4.69) is 0 Å². The van der Waals surface area contributed by atoms with Gasteiger partial charge in [0, 0.05) is 6.42 Å². The van der Waals surface area contributed by atoms with E-state index < -0.39 is 12.1 Å². The summed E-state index contributed by atoms with van der Waals surface area (Å²) in [5.74, 6) is -0.0475. The lowest BCUT2D eigenvalue weighted by Gasteiger charge is -2.17. The van der Waals surface area contributed by atoms with E-state index in [-0.39, 0.29) is 0 Å². The van der Waals surface area contributed by atoms with Crippen molar-refractivity contribution < 1.29 is 19.4 Å². The molecular weight excluding hydrogens is 268 g/mol. The number of hydrogen-bond donors (Lipinski definition) is 1. The number of carboxylic acid groups (broad SMARTS) is 1. The van der Waals surface area contributed by atoms with Gasteiger partial charge < -0.3 is 14.6 Å². The normalized spacial score (nSPS) is 11.7. The molecule has 2 aromatic carbocycles. The molecule has 0 aliphatic carbocycles. The standard InChI is InChI=1S/C17H18O4/c1-12-7-9-13(10-8-12)11-16(17(18)19)21-15-6-4-3-5-14(15)20-2/h3-10,16H,11H2,1-2H3,(H,18,19)/t16-/m0/s1. The highest BCUT2D eigenvalue weighted by molar-refractivity contribution is 5.73. The lowest BCUT2D eigenvalue weighted by atomic mass is 10.1. The van der Waals surface area contributed by atoms with Crippen molar-refractivity contribution in [3.63, 3.8) is 0 Å². The average Bonchev–Trinajstić information content (AvgIpc) is 2.49. The largest absolute Gasteiger partial charge is 0.493 e. The molecule has 2 rings (SSSR count). The number of aliphatic carboxylic acids is 1. The lowest BCUT2D eigenvalue weighted by Crippen LogP contribution is -2.29. The molecule has 0 aromatic heterocycles. The van der Waals surface area contributed by atoms with Crippen LogP contribution >= 0.6 is 0 Å². The molecule has 0 unspecified atom stereocenters. The maximum Gasteiger partial charge on any atom is 0.345 e. The molecule has 0 aliphatic heterocycles. The first-order chi connectivity index (χ1) is 10.1. The smallest absolute Gasteiger partial charge is 0.345 e. The zero-order valence-corrected chi connectivity index (χ0v) is 12.1. The Labute approximate surface area is 123 Å². The van der Waals surface area contributed by atoms with Crippen molar-refractivity contribution in [3.8, 4) is 11.5 Å². The molecule has 4 heteroatoms. The van der Waals surface area contributed by atoms with Gasteiger partial charge in [-0.15, -0.1) is 0 Å². The predicted molar refractivity (Wildman–Crippen MR) is 79.9 cm³/mol. The molecule has 0 fully saturated rings. The van der Waals surface area contributed by atoms with Crippen LogP contribution < -0.4 is 9.47 Å². The van der Waals surface area contributed by atoms with E-state index in [1.807, 2.05) is 31.2 Å². The molecule has 0 saturated carbocycles. The van der Waals surface area contributed by atoms with Crippen molar-refractivity contribution >= 4 is 5.97 Å². The number of benzene rings is 2. The van der Waals surface area contributed by atoms with Crippen molar-refractivity contribution in [2.45, 2.75) is 19.4 Å². The van der Waals surface area contributed by atoms with Crippen LogP contribution in [0.1, 0.15) is 11.1 Å².